The zero-order valence-electron chi connectivity index (χ0n) is 10.6. The normalized spacial score (nSPS) is 11.5. The van der Waals surface area contributed by atoms with E-state index < -0.39 is 26.5 Å². The molecule has 1 N–H and O–H groups in total. The number of hydrogen-bond acceptors (Lipinski definition) is 4. The molecule has 0 atom stereocenters. The van der Waals surface area contributed by atoms with E-state index in [-0.39, 0.29) is 17.0 Å². The number of hydrogen-bond donors (Lipinski definition) is 1. The topological polar surface area (TPSA) is 89.3 Å². The molecule has 1 rings (SSSR count). The van der Waals surface area contributed by atoms with Crippen LogP contribution in [0.1, 0.15) is 25.3 Å². The number of nitro groups is 1. The summed E-state index contributed by atoms with van der Waals surface area (Å²) in [5.74, 6) is -1.05. The van der Waals surface area contributed by atoms with E-state index in [9.17, 15) is 22.9 Å². The minimum absolute atomic E-state index is 0.132. The van der Waals surface area contributed by atoms with Crippen LogP contribution in [0.5, 0.6) is 0 Å². The zero-order chi connectivity index (χ0) is 14.6. The van der Waals surface area contributed by atoms with Crippen molar-refractivity contribution in [3.63, 3.8) is 0 Å². The third kappa shape index (κ3) is 3.71. The van der Waals surface area contributed by atoms with E-state index in [2.05, 4.69) is 4.72 Å². The second-order valence-corrected chi connectivity index (χ2v) is 5.81. The van der Waals surface area contributed by atoms with Crippen molar-refractivity contribution in [3.05, 3.63) is 33.6 Å². The Labute approximate surface area is 110 Å². The number of nitrogens with zero attached hydrogens (tertiary/aromatic N) is 1. The summed E-state index contributed by atoms with van der Waals surface area (Å²) >= 11 is 0. The number of sulfonamides is 1. The first kappa shape index (κ1) is 15.5. The zero-order valence-corrected chi connectivity index (χ0v) is 11.5. The lowest BCUT2D eigenvalue weighted by atomic mass is 10.2. The van der Waals surface area contributed by atoms with Crippen LogP contribution in [-0.2, 0) is 10.0 Å². The Morgan fingerprint density at radius 2 is 2.05 bits per heavy atom. The van der Waals surface area contributed by atoms with E-state index in [0.29, 0.717) is 6.42 Å². The molecule has 0 bridgehead atoms. The number of nitrogens with one attached hydrogen (secondary N) is 1. The molecule has 0 amide bonds. The van der Waals surface area contributed by atoms with Crippen LogP contribution in [0.4, 0.5) is 10.1 Å². The van der Waals surface area contributed by atoms with Crippen molar-refractivity contribution >= 4 is 15.7 Å². The lowest BCUT2D eigenvalue weighted by Gasteiger charge is -2.09. The van der Waals surface area contributed by atoms with Crippen LogP contribution in [0.15, 0.2) is 17.0 Å². The van der Waals surface area contributed by atoms with Gasteiger partial charge in [-0.1, -0.05) is 13.3 Å². The van der Waals surface area contributed by atoms with Gasteiger partial charge in [-0.2, -0.15) is 4.39 Å². The van der Waals surface area contributed by atoms with Gasteiger partial charge in [0.15, 0.2) is 0 Å². The largest absolute Gasteiger partial charge is 0.306 e. The maximum Gasteiger partial charge on any atom is 0.306 e. The highest BCUT2D eigenvalue weighted by atomic mass is 32.2. The smallest absolute Gasteiger partial charge is 0.258 e. The van der Waals surface area contributed by atoms with Crippen LogP contribution in [0.25, 0.3) is 0 Å². The molecule has 0 heterocycles. The van der Waals surface area contributed by atoms with E-state index in [1.807, 2.05) is 6.92 Å². The van der Waals surface area contributed by atoms with Crippen molar-refractivity contribution in [2.75, 3.05) is 6.54 Å². The average molecular weight is 290 g/mol. The molecule has 0 fully saturated rings. The number of benzene rings is 1. The van der Waals surface area contributed by atoms with E-state index in [4.69, 9.17) is 0 Å². The second kappa shape index (κ2) is 6.07. The standard InChI is InChI=1S/C11H15FN2O4S/c1-3-4-5-13-19(17,18)11-7-10(14(15)16)9(12)6-8(11)2/h6-7,13H,3-5H2,1-2H3. The molecule has 0 unspecified atom stereocenters. The average Bonchev–Trinajstić information content (AvgIpc) is 2.28. The first-order valence-corrected chi connectivity index (χ1v) is 7.22. The molecule has 0 saturated carbocycles. The summed E-state index contributed by atoms with van der Waals surface area (Å²) in [6.45, 7) is 3.53. The first-order chi connectivity index (χ1) is 8.79. The fourth-order valence-corrected chi connectivity index (χ4v) is 2.85. The lowest BCUT2D eigenvalue weighted by Crippen LogP contribution is -2.25. The van der Waals surface area contributed by atoms with Crippen molar-refractivity contribution in [2.24, 2.45) is 0 Å². The predicted molar refractivity (Wildman–Crippen MR) is 67.9 cm³/mol. The Hall–Kier alpha value is -1.54. The Morgan fingerprint density at radius 3 is 2.58 bits per heavy atom. The molecular weight excluding hydrogens is 275 g/mol. The van der Waals surface area contributed by atoms with Crippen LogP contribution in [0.3, 0.4) is 0 Å². The predicted octanol–water partition coefficient (Wildman–Crippen LogP) is 2.12. The van der Waals surface area contributed by atoms with Crippen molar-refractivity contribution in [1.29, 1.82) is 0 Å². The maximum atomic E-state index is 13.3. The summed E-state index contributed by atoms with van der Waals surface area (Å²) in [5, 5.41) is 10.6. The Balaban J connectivity index is 3.19. The Kier molecular flexibility index (Phi) is 4.96. The fraction of sp³-hybridized carbons (Fsp3) is 0.455. The monoisotopic (exact) mass is 290 g/mol. The van der Waals surface area contributed by atoms with E-state index in [1.54, 1.807) is 0 Å². The SMILES string of the molecule is CCCCNS(=O)(=O)c1cc([N+](=O)[O-])c(F)cc1C. The molecule has 0 saturated heterocycles. The minimum atomic E-state index is -3.86. The summed E-state index contributed by atoms with van der Waals surface area (Å²) in [7, 11) is -3.86. The summed E-state index contributed by atoms with van der Waals surface area (Å²) < 4.78 is 39.6. The summed E-state index contributed by atoms with van der Waals surface area (Å²) in [4.78, 5) is 9.41. The number of aryl methyl sites for hydroxylation is 1. The quantitative estimate of drug-likeness (QED) is 0.493. The summed E-state index contributed by atoms with van der Waals surface area (Å²) in [6.07, 6.45) is 1.46. The van der Waals surface area contributed by atoms with Crippen LogP contribution in [0.2, 0.25) is 0 Å². The van der Waals surface area contributed by atoms with Gasteiger partial charge in [0, 0.05) is 12.6 Å². The van der Waals surface area contributed by atoms with Gasteiger partial charge in [0.1, 0.15) is 0 Å². The third-order valence-corrected chi connectivity index (χ3v) is 4.16. The van der Waals surface area contributed by atoms with Gasteiger partial charge in [0.05, 0.1) is 9.82 Å². The van der Waals surface area contributed by atoms with E-state index >= 15 is 0 Å². The van der Waals surface area contributed by atoms with Crippen LogP contribution < -0.4 is 4.72 Å². The maximum absolute atomic E-state index is 13.3. The molecule has 0 aliphatic carbocycles. The number of nitro benzene ring substituents is 1. The highest BCUT2D eigenvalue weighted by Gasteiger charge is 2.23. The second-order valence-electron chi connectivity index (χ2n) is 4.08. The summed E-state index contributed by atoms with van der Waals surface area (Å²) in [5.41, 5.74) is -0.714. The molecule has 0 radical (unpaired) electrons. The number of rotatable bonds is 6. The van der Waals surface area contributed by atoms with Gasteiger partial charge < -0.3 is 0 Å². The molecule has 0 spiro atoms. The molecule has 1 aromatic rings. The van der Waals surface area contributed by atoms with Crippen LogP contribution in [-0.4, -0.2) is 19.9 Å². The molecule has 0 aromatic heterocycles. The van der Waals surface area contributed by atoms with Gasteiger partial charge in [-0.3, -0.25) is 10.1 Å². The lowest BCUT2D eigenvalue weighted by molar-refractivity contribution is -0.387. The van der Waals surface area contributed by atoms with Gasteiger partial charge in [0.25, 0.3) is 0 Å². The number of unbranched alkanes of at least 4 members (excludes halogenated alkanes) is 1. The molecule has 6 nitrogen and oxygen atoms in total. The summed E-state index contributed by atoms with van der Waals surface area (Å²) in [6, 6.07) is 1.60. The van der Waals surface area contributed by atoms with Crippen molar-refractivity contribution in [1.82, 2.24) is 4.72 Å². The van der Waals surface area contributed by atoms with Crippen LogP contribution in [0, 0.1) is 22.9 Å². The van der Waals surface area contributed by atoms with E-state index in [1.165, 1.54) is 6.92 Å². The van der Waals surface area contributed by atoms with Crippen molar-refractivity contribution < 1.29 is 17.7 Å². The highest BCUT2D eigenvalue weighted by molar-refractivity contribution is 7.89. The molecule has 8 heteroatoms. The van der Waals surface area contributed by atoms with Gasteiger partial charge in [-0.25, -0.2) is 13.1 Å². The van der Waals surface area contributed by atoms with Gasteiger partial charge in [-0.05, 0) is 25.0 Å². The van der Waals surface area contributed by atoms with Gasteiger partial charge >= 0.3 is 5.69 Å². The molecule has 0 aliphatic rings. The molecule has 0 aliphatic heterocycles. The van der Waals surface area contributed by atoms with Gasteiger partial charge in [-0.15, -0.1) is 0 Å². The molecule has 1 aromatic carbocycles. The highest BCUT2D eigenvalue weighted by Crippen LogP contribution is 2.25. The van der Waals surface area contributed by atoms with Crippen molar-refractivity contribution in [2.45, 2.75) is 31.6 Å². The van der Waals surface area contributed by atoms with Crippen molar-refractivity contribution in [3.8, 4) is 0 Å². The molecular formula is C11H15FN2O4S. The number of halogens is 1. The van der Waals surface area contributed by atoms with Crippen LogP contribution >= 0.6 is 0 Å². The Morgan fingerprint density at radius 1 is 1.42 bits per heavy atom. The minimum Gasteiger partial charge on any atom is -0.258 e. The molecule has 19 heavy (non-hydrogen) atoms. The Bertz CT molecular complexity index is 587. The third-order valence-electron chi connectivity index (χ3n) is 2.55. The van der Waals surface area contributed by atoms with Gasteiger partial charge in [0.2, 0.25) is 15.8 Å². The first-order valence-electron chi connectivity index (χ1n) is 5.73. The molecule has 106 valence electrons. The van der Waals surface area contributed by atoms with E-state index in [0.717, 1.165) is 18.6 Å². The fourth-order valence-electron chi connectivity index (χ4n) is 1.53.